The minimum absolute atomic E-state index is 0.216. The van der Waals surface area contributed by atoms with Crippen LogP contribution in [0.15, 0.2) is 60.7 Å². The number of alkyl halides is 1. The standard InChI is InChI=1S/C23H24FNO7/c1-14(26)25-19-20(32-22(28)16-11-7-4-8-12-16)18(24)17(31-23(19)29-2)13-30-21(27)15-9-5-3-6-10-15/h3-12,17-20,23H,13H2,1-2H3,(H,25,26)/t17-,18-,19-,20+,23+/m1/s1. The fraction of sp³-hybridized carbons (Fsp3) is 0.348. The van der Waals surface area contributed by atoms with Crippen LogP contribution in [0.1, 0.15) is 27.6 Å². The lowest BCUT2D eigenvalue weighted by molar-refractivity contribution is -0.249. The van der Waals surface area contributed by atoms with Gasteiger partial charge >= 0.3 is 11.9 Å². The van der Waals surface area contributed by atoms with Gasteiger partial charge in [-0.2, -0.15) is 0 Å². The van der Waals surface area contributed by atoms with Gasteiger partial charge in [0.05, 0.1) is 11.1 Å². The Morgan fingerprint density at radius 1 is 0.969 bits per heavy atom. The minimum Gasteiger partial charge on any atom is -0.459 e. The van der Waals surface area contributed by atoms with E-state index in [-0.39, 0.29) is 5.56 Å². The summed E-state index contributed by atoms with van der Waals surface area (Å²) >= 11 is 0. The maximum absolute atomic E-state index is 15.5. The molecule has 3 rings (SSSR count). The Morgan fingerprint density at radius 2 is 1.53 bits per heavy atom. The summed E-state index contributed by atoms with van der Waals surface area (Å²) in [5, 5.41) is 2.52. The average Bonchev–Trinajstić information content (AvgIpc) is 2.81. The Morgan fingerprint density at radius 3 is 2.06 bits per heavy atom. The van der Waals surface area contributed by atoms with Gasteiger partial charge in [0.25, 0.3) is 0 Å². The fourth-order valence-electron chi connectivity index (χ4n) is 3.33. The second-order valence-corrected chi connectivity index (χ2v) is 7.15. The molecule has 0 radical (unpaired) electrons. The molecule has 1 heterocycles. The molecule has 8 nitrogen and oxygen atoms in total. The van der Waals surface area contributed by atoms with Crippen molar-refractivity contribution in [3.8, 4) is 0 Å². The monoisotopic (exact) mass is 445 g/mol. The van der Waals surface area contributed by atoms with Gasteiger partial charge in [0, 0.05) is 14.0 Å². The first-order valence-electron chi connectivity index (χ1n) is 9.98. The SMILES string of the molecule is CO[C@H]1O[C@H](COC(=O)c2ccccc2)[C@@H](F)[C@H](OC(=O)c2ccccc2)[C@H]1NC(C)=O. The van der Waals surface area contributed by atoms with Gasteiger partial charge in [0.2, 0.25) is 5.91 Å². The van der Waals surface area contributed by atoms with Crippen LogP contribution in [0.4, 0.5) is 4.39 Å². The highest BCUT2D eigenvalue weighted by molar-refractivity contribution is 5.90. The van der Waals surface area contributed by atoms with E-state index in [1.165, 1.54) is 26.2 Å². The maximum Gasteiger partial charge on any atom is 0.338 e. The molecule has 0 aliphatic carbocycles. The fourth-order valence-corrected chi connectivity index (χ4v) is 3.33. The van der Waals surface area contributed by atoms with Crippen molar-refractivity contribution in [3.05, 3.63) is 71.8 Å². The zero-order valence-electron chi connectivity index (χ0n) is 17.6. The summed E-state index contributed by atoms with van der Waals surface area (Å²) in [5.74, 6) is -1.91. The number of ether oxygens (including phenoxy) is 4. The number of methoxy groups -OCH3 is 1. The lowest BCUT2D eigenvalue weighted by Crippen LogP contribution is -2.64. The molecule has 0 bridgehead atoms. The van der Waals surface area contributed by atoms with Crippen LogP contribution in [0.2, 0.25) is 0 Å². The van der Waals surface area contributed by atoms with E-state index >= 15 is 4.39 Å². The van der Waals surface area contributed by atoms with Gasteiger partial charge in [-0.3, -0.25) is 4.79 Å². The zero-order valence-corrected chi connectivity index (χ0v) is 17.6. The molecule has 5 atom stereocenters. The number of nitrogens with one attached hydrogen (secondary N) is 1. The van der Waals surface area contributed by atoms with Crippen molar-refractivity contribution < 1.29 is 37.7 Å². The number of carbonyl (C=O) groups is 3. The van der Waals surface area contributed by atoms with Crippen molar-refractivity contribution in [2.75, 3.05) is 13.7 Å². The first-order chi connectivity index (χ1) is 15.4. The Hall–Kier alpha value is -3.30. The summed E-state index contributed by atoms with van der Waals surface area (Å²) < 4.78 is 36.9. The molecule has 1 fully saturated rings. The van der Waals surface area contributed by atoms with Crippen molar-refractivity contribution >= 4 is 17.8 Å². The molecule has 170 valence electrons. The molecule has 1 aliphatic heterocycles. The number of benzene rings is 2. The van der Waals surface area contributed by atoms with Gasteiger partial charge in [0.1, 0.15) is 18.8 Å². The average molecular weight is 445 g/mol. The predicted octanol–water partition coefficient (Wildman–Crippen LogP) is 2.28. The molecule has 1 N–H and O–H groups in total. The Kier molecular flexibility index (Phi) is 7.91. The number of carbonyl (C=O) groups excluding carboxylic acids is 3. The summed E-state index contributed by atoms with van der Waals surface area (Å²) in [4.78, 5) is 36.5. The number of halogens is 1. The molecular weight excluding hydrogens is 421 g/mol. The molecule has 1 amide bonds. The van der Waals surface area contributed by atoms with Gasteiger partial charge in [-0.15, -0.1) is 0 Å². The Labute approximate surface area is 184 Å². The molecule has 0 aromatic heterocycles. The van der Waals surface area contributed by atoms with E-state index in [9.17, 15) is 14.4 Å². The van der Waals surface area contributed by atoms with E-state index < -0.39 is 55.2 Å². The molecule has 1 aliphatic rings. The number of esters is 2. The molecular formula is C23H24FNO7. The lowest BCUT2D eigenvalue weighted by Gasteiger charge is -2.42. The largest absolute Gasteiger partial charge is 0.459 e. The van der Waals surface area contributed by atoms with E-state index in [0.29, 0.717) is 5.56 Å². The molecule has 0 saturated carbocycles. The van der Waals surface area contributed by atoms with Gasteiger partial charge < -0.3 is 24.3 Å². The predicted molar refractivity (Wildman–Crippen MR) is 111 cm³/mol. The topological polar surface area (TPSA) is 100 Å². The third-order valence-corrected chi connectivity index (χ3v) is 4.87. The van der Waals surface area contributed by atoms with Gasteiger partial charge in [-0.05, 0) is 24.3 Å². The minimum atomic E-state index is -1.91. The first kappa shape index (κ1) is 23.4. The van der Waals surface area contributed by atoms with Crippen LogP contribution in [0, 0.1) is 0 Å². The number of hydrogen-bond acceptors (Lipinski definition) is 7. The van der Waals surface area contributed by atoms with Crippen LogP contribution < -0.4 is 5.32 Å². The molecule has 1 saturated heterocycles. The van der Waals surface area contributed by atoms with Crippen LogP contribution in [0.3, 0.4) is 0 Å². The summed E-state index contributed by atoms with van der Waals surface area (Å²) in [6.45, 7) is 0.796. The first-order valence-corrected chi connectivity index (χ1v) is 9.98. The summed E-state index contributed by atoms with van der Waals surface area (Å²) in [6, 6.07) is 15.2. The number of hydrogen-bond donors (Lipinski definition) is 1. The third-order valence-electron chi connectivity index (χ3n) is 4.87. The van der Waals surface area contributed by atoms with Crippen LogP contribution in [0.5, 0.6) is 0 Å². The number of amides is 1. The Balaban J connectivity index is 1.77. The lowest BCUT2D eigenvalue weighted by atomic mass is 9.97. The van der Waals surface area contributed by atoms with Crippen molar-refractivity contribution in [1.82, 2.24) is 5.32 Å². The highest BCUT2D eigenvalue weighted by Gasteiger charge is 2.50. The Bertz CT molecular complexity index is 924. The van der Waals surface area contributed by atoms with E-state index in [4.69, 9.17) is 18.9 Å². The molecule has 0 spiro atoms. The van der Waals surface area contributed by atoms with Gasteiger partial charge in [-0.25, -0.2) is 14.0 Å². The van der Waals surface area contributed by atoms with E-state index in [0.717, 1.165) is 0 Å². The summed E-state index contributed by atoms with van der Waals surface area (Å²) in [6.07, 6.45) is -5.77. The second kappa shape index (κ2) is 10.8. The highest BCUT2D eigenvalue weighted by atomic mass is 19.1. The van der Waals surface area contributed by atoms with Crippen molar-refractivity contribution in [3.63, 3.8) is 0 Å². The molecule has 0 unspecified atom stereocenters. The normalized spacial score (nSPS) is 24.9. The van der Waals surface area contributed by atoms with Crippen LogP contribution in [-0.2, 0) is 23.7 Å². The summed E-state index contributed by atoms with van der Waals surface area (Å²) in [5.41, 5.74) is 0.513. The van der Waals surface area contributed by atoms with E-state index in [2.05, 4.69) is 5.32 Å². The van der Waals surface area contributed by atoms with Crippen LogP contribution in [-0.4, -0.2) is 62.3 Å². The van der Waals surface area contributed by atoms with E-state index in [1.54, 1.807) is 48.5 Å². The molecule has 2 aromatic rings. The van der Waals surface area contributed by atoms with Crippen molar-refractivity contribution in [2.24, 2.45) is 0 Å². The molecule has 9 heteroatoms. The van der Waals surface area contributed by atoms with Crippen LogP contribution >= 0.6 is 0 Å². The quantitative estimate of drug-likeness (QED) is 0.653. The molecule has 2 aromatic carbocycles. The smallest absolute Gasteiger partial charge is 0.338 e. The zero-order chi connectivity index (χ0) is 23.1. The third kappa shape index (κ3) is 5.68. The summed E-state index contributed by atoms with van der Waals surface area (Å²) in [7, 11) is 1.31. The van der Waals surface area contributed by atoms with Crippen molar-refractivity contribution in [2.45, 2.75) is 37.6 Å². The van der Waals surface area contributed by atoms with Gasteiger partial charge in [0.15, 0.2) is 18.6 Å². The van der Waals surface area contributed by atoms with E-state index in [1.807, 2.05) is 0 Å². The van der Waals surface area contributed by atoms with Crippen LogP contribution in [0.25, 0.3) is 0 Å². The molecule has 32 heavy (non-hydrogen) atoms. The highest BCUT2D eigenvalue weighted by Crippen LogP contribution is 2.28. The maximum atomic E-state index is 15.5. The van der Waals surface area contributed by atoms with Gasteiger partial charge in [-0.1, -0.05) is 36.4 Å². The van der Waals surface area contributed by atoms with Crippen molar-refractivity contribution in [1.29, 1.82) is 0 Å². The second-order valence-electron chi connectivity index (χ2n) is 7.15. The number of rotatable bonds is 7.